The number of nitrogens with one attached hydrogen (secondary N) is 1. The van der Waals surface area contributed by atoms with Gasteiger partial charge in [-0.15, -0.1) is 0 Å². The van der Waals surface area contributed by atoms with Gasteiger partial charge >= 0.3 is 6.09 Å². The maximum atomic E-state index is 11.9. The molecule has 0 atom stereocenters. The van der Waals surface area contributed by atoms with Crippen molar-refractivity contribution < 1.29 is 19.1 Å². The van der Waals surface area contributed by atoms with E-state index in [0.717, 1.165) is 0 Å². The molecule has 1 amide bonds. The Kier molecular flexibility index (Phi) is 5.52. The predicted molar refractivity (Wildman–Crippen MR) is 82.6 cm³/mol. The smallest absolute Gasteiger partial charge is 0.412 e. The molecular weight excluding hydrogens is 270 g/mol. The number of rotatable bonds is 4. The number of hydrogen-bond donors (Lipinski definition) is 1. The highest BCUT2D eigenvalue weighted by Gasteiger charge is 2.17. The van der Waals surface area contributed by atoms with Crippen molar-refractivity contribution in [3.05, 3.63) is 29.8 Å². The highest BCUT2D eigenvalue weighted by atomic mass is 16.6. The third-order valence-electron chi connectivity index (χ3n) is 2.39. The standard InChI is InChI=1S/C16H21NO4/c1-11(18)6-7-12-8-9-13(20-5)10-14(12)17-15(19)21-16(2,3)4/h6-10H,1-5H3,(H,17,19)/b7-6+. The Morgan fingerprint density at radius 3 is 2.43 bits per heavy atom. The molecule has 21 heavy (non-hydrogen) atoms. The Hall–Kier alpha value is -2.30. The maximum Gasteiger partial charge on any atom is 0.412 e. The van der Waals surface area contributed by atoms with Crippen LogP contribution in [0.5, 0.6) is 5.75 Å². The van der Waals surface area contributed by atoms with Crippen LogP contribution in [0.15, 0.2) is 24.3 Å². The van der Waals surface area contributed by atoms with Gasteiger partial charge in [0.25, 0.3) is 0 Å². The van der Waals surface area contributed by atoms with Crippen molar-refractivity contribution in [3.8, 4) is 5.75 Å². The second kappa shape index (κ2) is 6.92. The number of hydrogen-bond acceptors (Lipinski definition) is 4. The van der Waals surface area contributed by atoms with Crippen LogP contribution in [0.2, 0.25) is 0 Å². The zero-order valence-electron chi connectivity index (χ0n) is 13.0. The Labute approximate surface area is 124 Å². The highest BCUT2D eigenvalue weighted by molar-refractivity contribution is 5.94. The summed E-state index contributed by atoms with van der Waals surface area (Å²) in [7, 11) is 1.54. The molecule has 0 fully saturated rings. The first kappa shape index (κ1) is 16.8. The van der Waals surface area contributed by atoms with E-state index in [2.05, 4.69) is 5.32 Å². The minimum Gasteiger partial charge on any atom is -0.497 e. The molecule has 114 valence electrons. The summed E-state index contributed by atoms with van der Waals surface area (Å²) in [6.07, 6.45) is 2.50. The average Bonchev–Trinajstić information content (AvgIpc) is 2.34. The van der Waals surface area contributed by atoms with E-state index in [1.807, 2.05) is 0 Å². The topological polar surface area (TPSA) is 64.6 Å². The van der Waals surface area contributed by atoms with Crippen molar-refractivity contribution in [2.24, 2.45) is 0 Å². The minimum absolute atomic E-state index is 0.0750. The molecule has 0 aliphatic carbocycles. The van der Waals surface area contributed by atoms with Crippen LogP contribution in [0.3, 0.4) is 0 Å². The second-order valence-electron chi connectivity index (χ2n) is 5.52. The van der Waals surface area contributed by atoms with Crippen molar-refractivity contribution in [3.63, 3.8) is 0 Å². The molecule has 0 aliphatic heterocycles. The lowest BCUT2D eigenvalue weighted by Crippen LogP contribution is -2.27. The van der Waals surface area contributed by atoms with Gasteiger partial charge in [0.1, 0.15) is 11.4 Å². The summed E-state index contributed by atoms with van der Waals surface area (Å²) >= 11 is 0. The molecule has 0 saturated carbocycles. The van der Waals surface area contributed by atoms with Crippen molar-refractivity contribution >= 4 is 23.6 Å². The Balaban J connectivity index is 3.01. The normalized spacial score (nSPS) is 11.3. The highest BCUT2D eigenvalue weighted by Crippen LogP contribution is 2.24. The van der Waals surface area contributed by atoms with Gasteiger partial charge in [0.05, 0.1) is 12.8 Å². The number of allylic oxidation sites excluding steroid dienone is 1. The van der Waals surface area contributed by atoms with E-state index in [4.69, 9.17) is 9.47 Å². The first-order valence-corrected chi connectivity index (χ1v) is 6.58. The van der Waals surface area contributed by atoms with Crippen LogP contribution in [0.25, 0.3) is 6.08 Å². The lowest BCUT2D eigenvalue weighted by atomic mass is 10.1. The fraction of sp³-hybridized carbons (Fsp3) is 0.375. The Morgan fingerprint density at radius 1 is 1.24 bits per heavy atom. The lowest BCUT2D eigenvalue weighted by molar-refractivity contribution is -0.112. The number of methoxy groups -OCH3 is 1. The molecule has 0 bridgehead atoms. The zero-order valence-corrected chi connectivity index (χ0v) is 13.0. The van der Waals surface area contributed by atoms with Crippen molar-refractivity contribution in [2.75, 3.05) is 12.4 Å². The van der Waals surface area contributed by atoms with Crippen LogP contribution < -0.4 is 10.1 Å². The van der Waals surface area contributed by atoms with Gasteiger partial charge in [-0.1, -0.05) is 0 Å². The molecule has 0 unspecified atom stereocenters. The number of carbonyl (C=O) groups excluding carboxylic acids is 2. The van der Waals surface area contributed by atoms with Gasteiger partial charge in [0, 0.05) is 6.07 Å². The fourth-order valence-electron chi connectivity index (χ4n) is 1.54. The molecular formula is C16H21NO4. The molecule has 0 aliphatic rings. The van der Waals surface area contributed by atoms with E-state index in [1.165, 1.54) is 20.1 Å². The molecule has 1 aromatic rings. The summed E-state index contributed by atoms with van der Waals surface area (Å²) < 4.78 is 10.3. The van der Waals surface area contributed by atoms with Crippen LogP contribution in [-0.2, 0) is 9.53 Å². The van der Waals surface area contributed by atoms with Crippen molar-refractivity contribution in [1.82, 2.24) is 0 Å². The van der Waals surface area contributed by atoms with Gasteiger partial charge in [0.2, 0.25) is 0 Å². The first-order chi connectivity index (χ1) is 9.71. The average molecular weight is 291 g/mol. The number of carbonyl (C=O) groups is 2. The van der Waals surface area contributed by atoms with Crippen LogP contribution in [0.1, 0.15) is 33.3 Å². The number of amides is 1. The first-order valence-electron chi connectivity index (χ1n) is 6.58. The number of benzene rings is 1. The summed E-state index contributed by atoms with van der Waals surface area (Å²) in [6.45, 7) is 6.82. The van der Waals surface area contributed by atoms with E-state index >= 15 is 0 Å². The molecule has 0 aromatic heterocycles. The molecule has 5 heteroatoms. The van der Waals surface area contributed by atoms with Gasteiger partial charge in [-0.05, 0) is 57.5 Å². The second-order valence-corrected chi connectivity index (χ2v) is 5.52. The maximum absolute atomic E-state index is 11.9. The largest absolute Gasteiger partial charge is 0.497 e. The van der Waals surface area contributed by atoms with Crippen LogP contribution in [0, 0.1) is 0 Å². The van der Waals surface area contributed by atoms with E-state index < -0.39 is 11.7 Å². The summed E-state index contributed by atoms with van der Waals surface area (Å²) in [6, 6.07) is 5.18. The van der Waals surface area contributed by atoms with E-state index in [-0.39, 0.29) is 5.78 Å². The summed E-state index contributed by atoms with van der Waals surface area (Å²) in [5.41, 5.74) is 0.621. The predicted octanol–water partition coefficient (Wildman–Crippen LogP) is 3.64. The molecule has 1 N–H and O–H groups in total. The summed E-state index contributed by atoms with van der Waals surface area (Å²) in [5.74, 6) is 0.523. The van der Waals surface area contributed by atoms with E-state index in [1.54, 1.807) is 45.0 Å². The van der Waals surface area contributed by atoms with Gasteiger partial charge < -0.3 is 9.47 Å². The molecule has 1 rings (SSSR count). The van der Waals surface area contributed by atoms with Crippen molar-refractivity contribution in [2.45, 2.75) is 33.3 Å². The fourth-order valence-corrected chi connectivity index (χ4v) is 1.54. The SMILES string of the molecule is COc1ccc(/C=C/C(C)=O)c(NC(=O)OC(C)(C)C)c1. The molecule has 0 spiro atoms. The third-order valence-corrected chi connectivity index (χ3v) is 2.39. The molecule has 1 aromatic carbocycles. The van der Waals surface area contributed by atoms with Gasteiger partial charge in [-0.3, -0.25) is 10.1 Å². The van der Waals surface area contributed by atoms with Gasteiger partial charge in [-0.25, -0.2) is 4.79 Å². The molecule has 0 radical (unpaired) electrons. The molecule has 0 heterocycles. The van der Waals surface area contributed by atoms with Crippen LogP contribution >= 0.6 is 0 Å². The number of ether oxygens (including phenoxy) is 2. The number of anilines is 1. The molecule has 0 saturated heterocycles. The van der Waals surface area contributed by atoms with Crippen LogP contribution in [-0.4, -0.2) is 24.6 Å². The van der Waals surface area contributed by atoms with Gasteiger partial charge in [-0.2, -0.15) is 0 Å². The molecule has 5 nitrogen and oxygen atoms in total. The third kappa shape index (κ3) is 6.12. The van der Waals surface area contributed by atoms with Crippen molar-refractivity contribution in [1.29, 1.82) is 0 Å². The minimum atomic E-state index is -0.585. The quantitative estimate of drug-likeness (QED) is 0.860. The van der Waals surface area contributed by atoms with E-state index in [9.17, 15) is 9.59 Å². The summed E-state index contributed by atoms with van der Waals surface area (Å²) in [4.78, 5) is 22.9. The lowest BCUT2D eigenvalue weighted by Gasteiger charge is -2.20. The Morgan fingerprint density at radius 2 is 1.90 bits per heavy atom. The Bertz CT molecular complexity index is 556. The monoisotopic (exact) mass is 291 g/mol. The summed E-state index contributed by atoms with van der Waals surface area (Å²) in [5, 5.41) is 2.66. The van der Waals surface area contributed by atoms with E-state index in [0.29, 0.717) is 17.0 Å². The zero-order chi connectivity index (χ0) is 16.0. The van der Waals surface area contributed by atoms with Crippen LogP contribution in [0.4, 0.5) is 10.5 Å². The number of ketones is 1. The van der Waals surface area contributed by atoms with Gasteiger partial charge in [0.15, 0.2) is 5.78 Å².